The van der Waals surface area contributed by atoms with E-state index in [9.17, 15) is 21.4 Å². The van der Waals surface area contributed by atoms with Gasteiger partial charge in [-0.1, -0.05) is 54.6 Å². The number of sulfone groups is 1. The van der Waals surface area contributed by atoms with Gasteiger partial charge in [0.05, 0.1) is 10.6 Å². The monoisotopic (exact) mass is 459 g/mol. The Labute approximate surface area is 181 Å². The van der Waals surface area contributed by atoms with E-state index in [1.54, 1.807) is 18.2 Å². The summed E-state index contributed by atoms with van der Waals surface area (Å²) in [5, 5.41) is 5.03. The summed E-state index contributed by atoms with van der Waals surface area (Å²) in [6, 6.07) is 19.1. The summed E-state index contributed by atoms with van der Waals surface area (Å²) in [6.07, 6.45) is 2.92. The van der Waals surface area contributed by atoms with Crippen LogP contribution in [0.5, 0.6) is 0 Å². The van der Waals surface area contributed by atoms with E-state index in [0.29, 0.717) is 6.42 Å². The molecule has 0 amide bonds. The molecule has 162 valence electrons. The first kappa shape index (κ1) is 21.7. The summed E-state index contributed by atoms with van der Waals surface area (Å²) >= 11 is 0. The van der Waals surface area contributed by atoms with Gasteiger partial charge in [-0.3, -0.25) is 9.87 Å². The van der Waals surface area contributed by atoms with Crippen molar-refractivity contribution in [3.63, 3.8) is 0 Å². The van der Waals surface area contributed by atoms with Gasteiger partial charge in [-0.25, -0.2) is 12.6 Å². The van der Waals surface area contributed by atoms with Crippen molar-refractivity contribution in [1.82, 2.24) is 5.32 Å². The Hall–Kier alpha value is -2.56. The third kappa shape index (κ3) is 5.20. The number of hydrogen-bond donors (Lipinski definition) is 2. The van der Waals surface area contributed by atoms with Crippen molar-refractivity contribution in [2.24, 2.45) is 0 Å². The molecule has 9 heteroatoms. The van der Waals surface area contributed by atoms with Crippen LogP contribution in [-0.2, 0) is 24.4 Å². The van der Waals surface area contributed by atoms with Gasteiger partial charge in [0, 0.05) is 6.04 Å². The van der Waals surface area contributed by atoms with Crippen LogP contribution in [0.25, 0.3) is 16.8 Å². The molecule has 0 bridgehead atoms. The fraction of sp³-hybridized carbons (Fsp3) is 0.182. The highest BCUT2D eigenvalue weighted by molar-refractivity contribution is 7.91. The molecule has 2 N–H and O–H groups in total. The fourth-order valence-electron chi connectivity index (χ4n) is 3.74. The average molecular weight is 460 g/mol. The third-order valence-electron chi connectivity index (χ3n) is 5.09. The molecule has 0 saturated heterocycles. The number of benzene rings is 3. The number of rotatable bonds is 7. The van der Waals surface area contributed by atoms with Crippen LogP contribution in [-0.4, -0.2) is 33.4 Å². The molecule has 0 spiro atoms. The van der Waals surface area contributed by atoms with Crippen molar-refractivity contribution in [1.29, 1.82) is 0 Å². The fourth-order valence-corrected chi connectivity index (χ4v) is 5.57. The van der Waals surface area contributed by atoms with E-state index in [0.717, 1.165) is 21.9 Å². The molecule has 0 saturated carbocycles. The Morgan fingerprint density at radius 3 is 2.29 bits per heavy atom. The predicted molar refractivity (Wildman–Crippen MR) is 118 cm³/mol. The smallest absolute Gasteiger partial charge is 0.283 e. The number of nitrogens with one attached hydrogen (secondary N) is 1. The minimum atomic E-state index is -4.89. The summed E-state index contributed by atoms with van der Waals surface area (Å²) in [6.45, 7) is 0. The van der Waals surface area contributed by atoms with Crippen LogP contribution < -0.4 is 5.32 Å². The van der Waals surface area contributed by atoms with Gasteiger partial charge in [0.2, 0.25) is 0 Å². The molecule has 2 atom stereocenters. The maximum Gasteiger partial charge on any atom is 0.398 e. The first-order valence-corrected chi connectivity index (χ1v) is 12.6. The molecule has 4 rings (SSSR count). The quantitative estimate of drug-likeness (QED) is 0.411. The highest BCUT2D eigenvalue weighted by Gasteiger charge is 2.29. The lowest BCUT2D eigenvalue weighted by Crippen LogP contribution is -2.42. The van der Waals surface area contributed by atoms with Gasteiger partial charge in [-0.2, -0.15) is 8.42 Å². The van der Waals surface area contributed by atoms with Crippen molar-refractivity contribution in [3.8, 4) is 0 Å². The molecule has 2 unspecified atom stereocenters. The predicted octanol–water partition coefficient (Wildman–Crippen LogP) is 3.51. The summed E-state index contributed by atoms with van der Waals surface area (Å²) in [7, 11) is -8.76. The first-order chi connectivity index (χ1) is 14.7. The van der Waals surface area contributed by atoms with E-state index in [4.69, 9.17) is 4.18 Å². The number of hydrogen-bond acceptors (Lipinski definition) is 6. The van der Waals surface area contributed by atoms with Crippen molar-refractivity contribution in [3.05, 3.63) is 83.9 Å². The Bertz CT molecular complexity index is 1330. The van der Waals surface area contributed by atoms with E-state index in [2.05, 4.69) is 5.32 Å². The summed E-state index contributed by atoms with van der Waals surface area (Å²) < 4.78 is 62.3. The van der Waals surface area contributed by atoms with Crippen LogP contribution in [0.3, 0.4) is 0 Å². The topological polar surface area (TPSA) is 110 Å². The van der Waals surface area contributed by atoms with Gasteiger partial charge in [0.25, 0.3) is 0 Å². The maximum absolute atomic E-state index is 12.8. The lowest BCUT2D eigenvalue weighted by Gasteiger charge is -2.28. The van der Waals surface area contributed by atoms with Crippen LogP contribution in [0.15, 0.2) is 77.7 Å². The largest absolute Gasteiger partial charge is 0.398 e. The van der Waals surface area contributed by atoms with Crippen molar-refractivity contribution in [2.75, 3.05) is 5.75 Å². The molecule has 0 heterocycles. The minimum Gasteiger partial charge on any atom is -0.283 e. The zero-order chi connectivity index (χ0) is 22.1. The molecule has 1 aliphatic rings. The van der Waals surface area contributed by atoms with E-state index in [-0.39, 0.29) is 4.90 Å². The molecule has 0 aromatic heterocycles. The third-order valence-corrected chi connectivity index (χ3v) is 7.30. The number of fused-ring (bicyclic) bond motifs is 2. The molecule has 31 heavy (non-hydrogen) atoms. The molecular weight excluding hydrogens is 438 g/mol. The van der Waals surface area contributed by atoms with Crippen LogP contribution >= 0.6 is 0 Å². The lowest BCUT2D eigenvalue weighted by molar-refractivity contribution is 0.153. The van der Waals surface area contributed by atoms with Crippen LogP contribution in [0.4, 0.5) is 0 Å². The Morgan fingerprint density at radius 1 is 0.968 bits per heavy atom. The van der Waals surface area contributed by atoms with Crippen LogP contribution in [0, 0.1) is 0 Å². The minimum absolute atomic E-state index is 0.0377. The SMILES string of the molecule is O=S(=O)(O)OC(CS(=O)(=O)c1ccccc1)NC1CC=Cc2cc3ccccc3cc21. The second kappa shape index (κ2) is 8.52. The zero-order valence-corrected chi connectivity index (χ0v) is 18.0. The molecule has 0 radical (unpaired) electrons. The molecule has 3 aromatic rings. The lowest BCUT2D eigenvalue weighted by atomic mass is 9.90. The van der Waals surface area contributed by atoms with Crippen molar-refractivity contribution in [2.45, 2.75) is 23.6 Å². The van der Waals surface area contributed by atoms with E-state index in [1.807, 2.05) is 48.6 Å². The molecule has 0 fully saturated rings. The van der Waals surface area contributed by atoms with Gasteiger partial charge in [0.15, 0.2) is 9.84 Å². The summed E-state index contributed by atoms with van der Waals surface area (Å²) in [5.41, 5.74) is 1.83. The highest BCUT2D eigenvalue weighted by atomic mass is 32.3. The van der Waals surface area contributed by atoms with E-state index in [1.165, 1.54) is 12.1 Å². The Kier molecular flexibility index (Phi) is 5.96. The summed E-state index contributed by atoms with van der Waals surface area (Å²) in [5.74, 6) is -0.667. The molecule has 7 nitrogen and oxygen atoms in total. The van der Waals surface area contributed by atoms with Gasteiger partial charge in [-0.05, 0) is 52.6 Å². The van der Waals surface area contributed by atoms with Gasteiger partial charge in [0.1, 0.15) is 6.23 Å². The Morgan fingerprint density at radius 2 is 1.61 bits per heavy atom. The molecular formula is C22H21NO6S2. The van der Waals surface area contributed by atoms with Crippen LogP contribution in [0.2, 0.25) is 0 Å². The molecule has 1 aliphatic carbocycles. The van der Waals surface area contributed by atoms with Gasteiger partial charge in [-0.15, -0.1) is 0 Å². The molecule has 0 aliphatic heterocycles. The highest BCUT2D eigenvalue weighted by Crippen LogP contribution is 2.32. The maximum atomic E-state index is 12.8. The van der Waals surface area contributed by atoms with Gasteiger partial charge < -0.3 is 0 Å². The van der Waals surface area contributed by atoms with Crippen LogP contribution in [0.1, 0.15) is 23.6 Å². The summed E-state index contributed by atoms with van der Waals surface area (Å²) in [4.78, 5) is 0.0377. The van der Waals surface area contributed by atoms with Gasteiger partial charge >= 0.3 is 10.4 Å². The van der Waals surface area contributed by atoms with E-state index < -0.39 is 38.3 Å². The normalized spacial score (nSPS) is 17.4. The zero-order valence-electron chi connectivity index (χ0n) is 16.4. The molecule has 3 aromatic carbocycles. The second-order valence-corrected chi connectivity index (χ2v) is 10.4. The van der Waals surface area contributed by atoms with Crippen molar-refractivity contribution < 1.29 is 25.6 Å². The van der Waals surface area contributed by atoms with E-state index >= 15 is 0 Å². The Balaban J connectivity index is 1.65. The van der Waals surface area contributed by atoms with Crippen molar-refractivity contribution >= 4 is 37.1 Å². The first-order valence-electron chi connectivity index (χ1n) is 9.60. The second-order valence-electron chi connectivity index (χ2n) is 7.29. The average Bonchev–Trinajstić information content (AvgIpc) is 2.72. The standard InChI is InChI=1S/C22H21NO6S2/c24-30(25,19-10-2-1-3-11-19)15-22(29-31(26,27)28)23-21-12-6-9-18-13-16-7-4-5-8-17(16)14-20(18)21/h1-11,13-14,21-23H,12,15H2,(H,26,27,28).